The number of carbonyl (C=O) groups excluding carboxylic acids is 1. The van der Waals surface area contributed by atoms with E-state index >= 15 is 0 Å². The zero-order valence-electron chi connectivity index (χ0n) is 10.2. The summed E-state index contributed by atoms with van der Waals surface area (Å²) in [6, 6.07) is 5.98. The number of rotatable bonds is 2. The van der Waals surface area contributed by atoms with Crippen LogP contribution in [0.1, 0.15) is 17.5 Å². The summed E-state index contributed by atoms with van der Waals surface area (Å²) in [4.78, 5) is 10.9. The summed E-state index contributed by atoms with van der Waals surface area (Å²) in [5, 5.41) is 2.60. The first-order valence-electron chi connectivity index (χ1n) is 6.01. The lowest BCUT2D eigenvalue weighted by molar-refractivity contribution is -0.119. The summed E-state index contributed by atoms with van der Waals surface area (Å²) < 4.78 is 5.64. The standard InChI is InChI=1S/C14H16N2O2/c15-10-13(17)16-8-2-6-11-4-1-5-12-7-3-9-18-14(11)12/h1,4-5H,3,7-10,15H2,(H,16,17). The zero-order valence-corrected chi connectivity index (χ0v) is 10.2. The monoisotopic (exact) mass is 244 g/mol. The van der Waals surface area contributed by atoms with E-state index in [1.54, 1.807) is 0 Å². The molecule has 3 N–H and O–H groups in total. The largest absolute Gasteiger partial charge is 0.492 e. The molecule has 4 heteroatoms. The van der Waals surface area contributed by atoms with Gasteiger partial charge < -0.3 is 15.8 Å². The first-order valence-corrected chi connectivity index (χ1v) is 6.01. The second kappa shape index (κ2) is 6.08. The number of hydrogen-bond donors (Lipinski definition) is 2. The molecule has 0 fully saturated rings. The van der Waals surface area contributed by atoms with Crippen LogP contribution in [0.2, 0.25) is 0 Å². The van der Waals surface area contributed by atoms with Gasteiger partial charge in [0.2, 0.25) is 5.91 Å². The van der Waals surface area contributed by atoms with Gasteiger partial charge in [-0.1, -0.05) is 24.0 Å². The maximum atomic E-state index is 10.9. The molecule has 0 atom stereocenters. The third kappa shape index (κ3) is 3.02. The lowest BCUT2D eigenvalue weighted by Crippen LogP contribution is -2.30. The minimum Gasteiger partial charge on any atom is -0.492 e. The molecule has 1 aliphatic rings. The highest BCUT2D eigenvalue weighted by molar-refractivity contribution is 5.78. The lowest BCUT2D eigenvalue weighted by atomic mass is 10.0. The molecule has 0 radical (unpaired) electrons. The second-order valence-corrected chi connectivity index (χ2v) is 4.03. The second-order valence-electron chi connectivity index (χ2n) is 4.03. The number of hydrogen-bond acceptors (Lipinski definition) is 3. The highest BCUT2D eigenvalue weighted by Gasteiger charge is 2.12. The fraction of sp³-hybridized carbons (Fsp3) is 0.357. The summed E-state index contributed by atoms with van der Waals surface area (Å²) in [7, 11) is 0. The van der Waals surface area contributed by atoms with Gasteiger partial charge in [-0.05, 0) is 24.5 Å². The van der Waals surface area contributed by atoms with Gasteiger partial charge in [0.15, 0.2) is 0 Å². The molecule has 1 aliphatic heterocycles. The van der Waals surface area contributed by atoms with Gasteiger partial charge in [-0.3, -0.25) is 4.79 Å². The number of carbonyl (C=O) groups is 1. The Labute approximate surface area is 107 Å². The van der Waals surface area contributed by atoms with Gasteiger partial charge in [0, 0.05) is 0 Å². The Hall–Kier alpha value is -1.99. The molecule has 0 saturated heterocycles. The highest BCUT2D eigenvalue weighted by atomic mass is 16.5. The number of amides is 1. The van der Waals surface area contributed by atoms with Gasteiger partial charge in [-0.2, -0.15) is 0 Å². The van der Waals surface area contributed by atoms with Crippen LogP contribution in [0.5, 0.6) is 5.75 Å². The molecule has 0 bridgehead atoms. The molecule has 0 unspecified atom stereocenters. The van der Waals surface area contributed by atoms with Crippen molar-refractivity contribution >= 4 is 5.91 Å². The van der Waals surface area contributed by atoms with E-state index in [9.17, 15) is 4.79 Å². The number of ether oxygens (including phenoxy) is 1. The molecule has 1 heterocycles. The topological polar surface area (TPSA) is 64.4 Å². The Balaban J connectivity index is 2.05. The normalized spacial score (nSPS) is 12.7. The van der Waals surface area contributed by atoms with Crippen LogP contribution in [0.15, 0.2) is 18.2 Å². The van der Waals surface area contributed by atoms with E-state index in [4.69, 9.17) is 10.5 Å². The van der Waals surface area contributed by atoms with Crippen LogP contribution in [-0.2, 0) is 11.2 Å². The van der Waals surface area contributed by atoms with Crippen LogP contribution in [0.4, 0.5) is 0 Å². The van der Waals surface area contributed by atoms with Crippen molar-refractivity contribution in [3.63, 3.8) is 0 Å². The van der Waals surface area contributed by atoms with Crippen molar-refractivity contribution in [3.8, 4) is 17.6 Å². The summed E-state index contributed by atoms with van der Waals surface area (Å²) >= 11 is 0. The van der Waals surface area contributed by atoms with Crippen molar-refractivity contribution in [2.45, 2.75) is 12.8 Å². The number of para-hydroxylation sites is 1. The van der Waals surface area contributed by atoms with Crippen LogP contribution in [-0.4, -0.2) is 25.6 Å². The van der Waals surface area contributed by atoms with Crippen LogP contribution in [0.3, 0.4) is 0 Å². The molecule has 94 valence electrons. The number of fused-ring (bicyclic) bond motifs is 1. The zero-order chi connectivity index (χ0) is 12.8. The van der Waals surface area contributed by atoms with Gasteiger partial charge in [0.1, 0.15) is 5.75 Å². The lowest BCUT2D eigenvalue weighted by Gasteiger charge is -2.18. The molecular weight excluding hydrogens is 228 g/mol. The first kappa shape index (κ1) is 12.5. The van der Waals surface area contributed by atoms with Crippen molar-refractivity contribution in [2.75, 3.05) is 19.7 Å². The van der Waals surface area contributed by atoms with E-state index in [0.29, 0.717) is 6.54 Å². The van der Waals surface area contributed by atoms with E-state index in [0.717, 1.165) is 30.8 Å². The molecule has 1 amide bonds. The summed E-state index contributed by atoms with van der Waals surface area (Å²) in [5.74, 6) is 6.61. The average Bonchev–Trinajstić information content (AvgIpc) is 2.43. The molecule has 4 nitrogen and oxygen atoms in total. The van der Waals surface area contributed by atoms with E-state index in [1.165, 1.54) is 5.56 Å². The van der Waals surface area contributed by atoms with Gasteiger partial charge in [0.05, 0.1) is 25.3 Å². The fourth-order valence-electron chi connectivity index (χ4n) is 1.84. The molecule has 1 aromatic carbocycles. The Morgan fingerprint density at radius 2 is 2.39 bits per heavy atom. The summed E-state index contributed by atoms with van der Waals surface area (Å²) in [6.07, 6.45) is 2.09. The maximum Gasteiger partial charge on any atom is 0.234 e. The maximum absolute atomic E-state index is 10.9. The smallest absolute Gasteiger partial charge is 0.234 e. The summed E-state index contributed by atoms with van der Waals surface area (Å²) in [5.41, 5.74) is 7.27. The van der Waals surface area contributed by atoms with Gasteiger partial charge in [-0.15, -0.1) is 0 Å². The third-order valence-electron chi connectivity index (χ3n) is 2.72. The molecule has 0 aromatic heterocycles. The third-order valence-corrected chi connectivity index (χ3v) is 2.72. The van der Waals surface area contributed by atoms with Gasteiger partial charge in [-0.25, -0.2) is 0 Å². The molecule has 1 aromatic rings. The van der Waals surface area contributed by atoms with Crippen molar-refractivity contribution in [3.05, 3.63) is 29.3 Å². The molecule has 0 aliphatic carbocycles. The Kier molecular flexibility index (Phi) is 4.21. The van der Waals surface area contributed by atoms with Crippen molar-refractivity contribution < 1.29 is 9.53 Å². The fourth-order valence-corrected chi connectivity index (χ4v) is 1.84. The Bertz CT molecular complexity index is 500. The molecule has 2 rings (SSSR count). The molecule has 18 heavy (non-hydrogen) atoms. The number of benzene rings is 1. The number of nitrogens with two attached hydrogens (primary N) is 1. The van der Waals surface area contributed by atoms with Crippen molar-refractivity contribution in [1.82, 2.24) is 5.32 Å². The molecule has 0 saturated carbocycles. The van der Waals surface area contributed by atoms with Crippen LogP contribution < -0.4 is 15.8 Å². The SMILES string of the molecule is NCC(=O)NCC#Cc1cccc2c1OCCC2. The highest BCUT2D eigenvalue weighted by Crippen LogP contribution is 2.27. The predicted octanol–water partition coefficient (Wildman–Crippen LogP) is 0.438. The Morgan fingerprint density at radius 1 is 1.50 bits per heavy atom. The predicted molar refractivity (Wildman–Crippen MR) is 69.2 cm³/mol. The van der Waals surface area contributed by atoms with Crippen LogP contribution in [0, 0.1) is 11.8 Å². The molecule has 0 spiro atoms. The van der Waals surface area contributed by atoms with Crippen LogP contribution in [0.25, 0.3) is 0 Å². The average molecular weight is 244 g/mol. The van der Waals surface area contributed by atoms with E-state index in [2.05, 4.69) is 23.2 Å². The number of aryl methyl sites for hydroxylation is 1. The first-order chi connectivity index (χ1) is 8.81. The van der Waals surface area contributed by atoms with E-state index in [1.807, 2.05) is 12.1 Å². The van der Waals surface area contributed by atoms with E-state index in [-0.39, 0.29) is 12.5 Å². The minimum atomic E-state index is -0.198. The van der Waals surface area contributed by atoms with E-state index < -0.39 is 0 Å². The van der Waals surface area contributed by atoms with Gasteiger partial charge in [0.25, 0.3) is 0 Å². The van der Waals surface area contributed by atoms with Crippen LogP contribution >= 0.6 is 0 Å². The Morgan fingerprint density at radius 3 is 3.22 bits per heavy atom. The quantitative estimate of drug-likeness (QED) is 0.742. The van der Waals surface area contributed by atoms with Gasteiger partial charge >= 0.3 is 0 Å². The number of nitrogens with one attached hydrogen (secondary N) is 1. The molecular formula is C14H16N2O2. The summed E-state index contributed by atoms with van der Waals surface area (Å²) in [6.45, 7) is 1.04. The van der Waals surface area contributed by atoms with Crippen molar-refractivity contribution in [1.29, 1.82) is 0 Å². The minimum absolute atomic E-state index is 0.00841. The van der Waals surface area contributed by atoms with Crippen molar-refractivity contribution in [2.24, 2.45) is 5.73 Å².